The maximum atomic E-state index is 12.9. The molecule has 0 radical (unpaired) electrons. The third-order valence-corrected chi connectivity index (χ3v) is 3.83. The number of methoxy groups -OCH3 is 1. The van der Waals surface area contributed by atoms with Gasteiger partial charge in [0.25, 0.3) is 5.91 Å². The van der Waals surface area contributed by atoms with Gasteiger partial charge in [-0.05, 0) is 58.7 Å². The predicted octanol–water partition coefficient (Wildman–Crippen LogP) is 4.09. The zero-order valence-corrected chi connectivity index (χ0v) is 13.3. The number of amides is 1. The topological polar surface area (TPSA) is 38.3 Å². The molecule has 2 aromatic carbocycles. The van der Waals surface area contributed by atoms with Gasteiger partial charge in [-0.25, -0.2) is 4.39 Å². The van der Waals surface area contributed by atoms with Crippen molar-refractivity contribution in [3.63, 3.8) is 0 Å². The van der Waals surface area contributed by atoms with Crippen molar-refractivity contribution in [2.24, 2.45) is 0 Å². The molecule has 0 aliphatic rings. The third-order valence-electron chi connectivity index (χ3n) is 3.14. The molecule has 0 saturated carbocycles. The highest BCUT2D eigenvalue weighted by molar-refractivity contribution is 9.10. The van der Waals surface area contributed by atoms with E-state index >= 15 is 0 Å². The van der Waals surface area contributed by atoms with E-state index in [2.05, 4.69) is 21.2 Å². The number of nitrogens with one attached hydrogen (secondary N) is 1. The van der Waals surface area contributed by atoms with Gasteiger partial charge >= 0.3 is 0 Å². The minimum atomic E-state index is -0.298. The van der Waals surface area contributed by atoms with Crippen LogP contribution in [0.3, 0.4) is 0 Å². The van der Waals surface area contributed by atoms with Crippen LogP contribution in [0, 0.1) is 5.82 Å². The normalized spacial score (nSPS) is 11.8. The monoisotopic (exact) mass is 351 g/mol. The molecular weight excluding hydrogens is 337 g/mol. The number of carbonyl (C=O) groups is 1. The first-order chi connectivity index (χ1) is 10.0. The maximum absolute atomic E-state index is 12.9. The van der Waals surface area contributed by atoms with Crippen LogP contribution in [0.15, 0.2) is 46.9 Å². The Hall–Kier alpha value is -1.88. The van der Waals surface area contributed by atoms with Crippen LogP contribution < -0.4 is 10.1 Å². The molecule has 110 valence electrons. The molecule has 0 unspecified atom stereocenters. The van der Waals surface area contributed by atoms with Crippen molar-refractivity contribution in [3.05, 3.63) is 63.9 Å². The summed E-state index contributed by atoms with van der Waals surface area (Å²) in [6, 6.07) is 11.0. The van der Waals surface area contributed by atoms with Gasteiger partial charge in [-0.1, -0.05) is 12.1 Å². The summed E-state index contributed by atoms with van der Waals surface area (Å²) in [5, 5.41) is 2.88. The highest BCUT2D eigenvalue weighted by Crippen LogP contribution is 2.23. The fourth-order valence-corrected chi connectivity index (χ4v) is 2.34. The van der Waals surface area contributed by atoms with Crippen LogP contribution in [0.2, 0.25) is 0 Å². The molecule has 0 saturated heterocycles. The molecule has 0 aliphatic carbocycles. The first-order valence-electron chi connectivity index (χ1n) is 6.41. The van der Waals surface area contributed by atoms with Crippen LogP contribution in [-0.2, 0) is 0 Å². The number of carbonyl (C=O) groups excluding carboxylic acids is 1. The number of hydrogen-bond acceptors (Lipinski definition) is 2. The first kappa shape index (κ1) is 15.5. The molecule has 0 bridgehead atoms. The minimum Gasteiger partial charge on any atom is -0.497 e. The fourth-order valence-electron chi connectivity index (χ4n) is 1.91. The fraction of sp³-hybridized carbons (Fsp3) is 0.188. The Labute approximate surface area is 131 Å². The summed E-state index contributed by atoms with van der Waals surface area (Å²) in [6.07, 6.45) is 0. The number of benzene rings is 2. The average molecular weight is 352 g/mol. The van der Waals surface area contributed by atoms with Gasteiger partial charge in [0.15, 0.2) is 0 Å². The Balaban J connectivity index is 2.15. The first-order valence-corrected chi connectivity index (χ1v) is 7.20. The van der Waals surface area contributed by atoms with E-state index in [0.717, 1.165) is 5.56 Å². The van der Waals surface area contributed by atoms with Crippen molar-refractivity contribution in [3.8, 4) is 5.75 Å². The molecule has 0 heterocycles. The quantitative estimate of drug-likeness (QED) is 0.900. The lowest BCUT2D eigenvalue weighted by Gasteiger charge is -2.15. The highest BCUT2D eigenvalue weighted by Gasteiger charge is 2.15. The SMILES string of the molecule is COc1ccc(Br)c(C(=O)N[C@@H](C)c2ccc(F)cc2)c1. The van der Waals surface area contributed by atoms with Crippen molar-refractivity contribution >= 4 is 21.8 Å². The highest BCUT2D eigenvalue weighted by atomic mass is 79.9. The summed E-state index contributed by atoms with van der Waals surface area (Å²) < 4.78 is 18.7. The smallest absolute Gasteiger partial charge is 0.253 e. The van der Waals surface area contributed by atoms with Crippen LogP contribution in [0.1, 0.15) is 28.9 Å². The van der Waals surface area contributed by atoms with E-state index in [1.165, 1.54) is 12.1 Å². The average Bonchev–Trinajstić information content (AvgIpc) is 2.48. The van der Waals surface area contributed by atoms with E-state index in [1.54, 1.807) is 37.4 Å². The predicted molar refractivity (Wildman–Crippen MR) is 83.0 cm³/mol. The van der Waals surface area contributed by atoms with Crippen LogP contribution in [-0.4, -0.2) is 13.0 Å². The van der Waals surface area contributed by atoms with Crippen molar-refractivity contribution in [2.45, 2.75) is 13.0 Å². The van der Waals surface area contributed by atoms with Gasteiger partial charge in [0.1, 0.15) is 11.6 Å². The zero-order chi connectivity index (χ0) is 15.4. The standard InChI is InChI=1S/C16H15BrFNO2/c1-10(11-3-5-12(18)6-4-11)19-16(20)14-9-13(21-2)7-8-15(14)17/h3-10H,1-2H3,(H,19,20)/t10-/m0/s1. The van der Waals surface area contributed by atoms with Crippen molar-refractivity contribution in [1.29, 1.82) is 0 Å². The van der Waals surface area contributed by atoms with E-state index in [9.17, 15) is 9.18 Å². The molecular formula is C16H15BrFNO2. The van der Waals surface area contributed by atoms with E-state index in [0.29, 0.717) is 15.8 Å². The van der Waals surface area contributed by atoms with E-state index in [1.807, 2.05) is 6.92 Å². The molecule has 0 fully saturated rings. The molecule has 5 heteroatoms. The maximum Gasteiger partial charge on any atom is 0.253 e. The lowest BCUT2D eigenvalue weighted by atomic mass is 10.1. The molecule has 3 nitrogen and oxygen atoms in total. The second kappa shape index (κ2) is 6.72. The van der Waals surface area contributed by atoms with Gasteiger partial charge in [0, 0.05) is 4.47 Å². The van der Waals surface area contributed by atoms with Gasteiger partial charge < -0.3 is 10.1 Å². The summed E-state index contributed by atoms with van der Waals surface area (Å²) in [5.74, 6) is 0.0863. The minimum absolute atomic E-state index is 0.224. The van der Waals surface area contributed by atoms with E-state index < -0.39 is 0 Å². The van der Waals surface area contributed by atoms with Crippen LogP contribution >= 0.6 is 15.9 Å². The molecule has 0 spiro atoms. The van der Waals surface area contributed by atoms with Crippen molar-refractivity contribution in [1.82, 2.24) is 5.32 Å². The van der Waals surface area contributed by atoms with Crippen molar-refractivity contribution in [2.75, 3.05) is 7.11 Å². The second-order valence-corrected chi connectivity index (χ2v) is 5.45. The number of ether oxygens (including phenoxy) is 1. The van der Waals surface area contributed by atoms with Gasteiger partial charge in [-0.15, -0.1) is 0 Å². The molecule has 0 aromatic heterocycles. The van der Waals surface area contributed by atoms with E-state index in [4.69, 9.17) is 4.74 Å². The molecule has 21 heavy (non-hydrogen) atoms. The summed E-state index contributed by atoms with van der Waals surface area (Å²) >= 11 is 3.35. The van der Waals surface area contributed by atoms with Crippen LogP contribution in [0.5, 0.6) is 5.75 Å². The van der Waals surface area contributed by atoms with Gasteiger partial charge in [-0.3, -0.25) is 4.79 Å². The second-order valence-electron chi connectivity index (χ2n) is 4.59. The molecule has 1 atom stereocenters. The molecule has 1 amide bonds. The van der Waals surface area contributed by atoms with Gasteiger partial charge in [0.2, 0.25) is 0 Å². The lowest BCUT2D eigenvalue weighted by molar-refractivity contribution is 0.0938. The molecule has 2 aromatic rings. The van der Waals surface area contributed by atoms with E-state index in [-0.39, 0.29) is 17.8 Å². The Kier molecular flexibility index (Phi) is 4.96. The van der Waals surface area contributed by atoms with Crippen molar-refractivity contribution < 1.29 is 13.9 Å². The van der Waals surface area contributed by atoms with Gasteiger partial charge in [0.05, 0.1) is 18.7 Å². The largest absolute Gasteiger partial charge is 0.497 e. The Morgan fingerprint density at radius 3 is 2.52 bits per heavy atom. The Morgan fingerprint density at radius 2 is 1.90 bits per heavy atom. The molecule has 2 rings (SSSR count). The summed E-state index contributed by atoms with van der Waals surface area (Å²) in [7, 11) is 1.55. The zero-order valence-electron chi connectivity index (χ0n) is 11.7. The number of rotatable bonds is 4. The number of halogens is 2. The summed E-state index contributed by atoms with van der Waals surface area (Å²) in [6.45, 7) is 1.85. The third kappa shape index (κ3) is 3.82. The van der Waals surface area contributed by atoms with Crippen LogP contribution in [0.25, 0.3) is 0 Å². The van der Waals surface area contributed by atoms with Gasteiger partial charge in [-0.2, -0.15) is 0 Å². The Morgan fingerprint density at radius 1 is 1.24 bits per heavy atom. The Bertz CT molecular complexity index is 643. The van der Waals surface area contributed by atoms with Crippen LogP contribution in [0.4, 0.5) is 4.39 Å². The number of hydrogen-bond donors (Lipinski definition) is 1. The summed E-state index contributed by atoms with van der Waals surface area (Å²) in [4.78, 5) is 12.3. The summed E-state index contributed by atoms with van der Waals surface area (Å²) in [5.41, 5.74) is 1.33. The molecule has 1 N–H and O–H groups in total. The lowest BCUT2D eigenvalue weighted by Crippen LogP contribution is -2.27. The molecule has 0 aliphatic heterocycles.